The topological polar surface area (TPSA) is 77.5 Å². The third-order valence-electron chi connectivity index (χ3n) is 2.30. The van der Waals surface area contributed by atoms with Crippen LogP contribution >= 0.6 is 0 Å². The summed E-state index contributed by atoms with van der Waals surface area (Å²) in [4.78, 5) is 4.01. The molecule has 0 aliphatic heterocycles. The van der Waals surface area contributed by atoms with Gasteiger partial charge in [0, 0.05) is 6.07 Å². The van der Waals surface area contributed by atoms with Gasteiger partial charge in [0.2, 0.25) is 10.0 Å². The smallest absolute Gasteiger partial charge is 0.230 e. The van der Waals surface area contributed by atoms with E-state index in [2.05, 4.69) is 9.71 Å². The molecular weight excluding hydrogens is 268 g/mol. The summed E-state index contributed by atoms with van der Waals surface area (Å²) in [7, 11) is -3.35. The fourth-order valence-electron chi connectivity index (χ4n) is 1.47. The molecule has 1 heterocycles. The Hall–Kier alpha value is -1.50. The number of pyridine rings is 1. The van der Waals surface area contributed by atoms with Crippen LogP contribution in [0.4, 0.5) is 5.82 Å². The van der Waals surface area contributed by atoms with E-state index in [9.17, 15) is 8.42 Å². The molecule has 0 unspecified atom stereocenters. The summed E-state index contributed by atoms with van der Waals surface area (Å²) >= 11 is 0. The van der Waals surface area contributed by atoms with Gasteiger partial charge in [-0.05, 0) is 26.7 Å². The maximum absolute atomic E-state index is 11.2. The van der Waals surface area contributed by atoms with Crippen LogP contribution in [-0.2, 0) is 10.0 Å². The number of sulfonamides is 1. The van der Waals surface area contributed by atoms with Gasteiger partial charge in [0.05, 0.1) is 24.7 Å². The molecule has 1 saturated carbocycles. The van der Waals surface area contributed by atoms with Crippen molar-refractivity contribution < 1.29 is 17.9 Å². The monoisotopic (exact) mass is 286 g/mol. The molecule has 2 rings (SSSR count). The highest BCUT2D eigenvalue weighted by Gasteiger charge is 2.25. The number of hydrogen-bond donors (Lipinski definition) is 1. The number of hydrogen-bond acceptors (Lipinski definition) is 5. The van der Waals surface area contributed by atoms with E-state index in [1.54, 1.807) is 6.07 Å². The fraction of sp³-hybridized carbons (Fsp3) is 0.583. The van der Waals surface area contributed by atoms with Crippen LogP contribution in [0.2, 0.25) is 0 Å². The van der Waals surface area contributed by atoms with Crippen LogP contribution in [0.5, 0.6) is 11.5 Å². The van der Waals surface area contributed by atoms with Crippen LogP contribution in [0.25, 0.3) is 0 Å². The number of ether oxygens (including phenoxy) is 2. The minimum atomic E-state index is -3.35. The SMILES string of the molecule is CC(C)Oc1cnc(NS(C)(=O)=O)cc1OC1CC1. The van der Waals surface area contributed by atoms with Gasteiger partial charge in [0.25, 0.3) is 0 Å². The Kier molecular flexibility index (Phi) is 3.84. The highest BCUT2D eigenvalue weighted by molar-refractivity contribution is 7.92. The third kappa shape index (κ3) is 4.59. The predicted octanol–water partition coefficient (Wildman–Crippen LogP) is 1.78. The molecule has 106 valence electrons. The minimum absolute atomic E-state index is 0.00271. The van der Waals surface area contributed by atoms with Gasteiger partial charge in [-0.25, -0.2) is 13.4 Å². The lowest BCUT2D eigenvalue weighted by Crippen LogP contribution is -2.12. The molecule has 0 spiro atoms. The van der Waals surface area contributed by atoms with Crippen molar-refractivity contribution in [3.63, 3.8) is 0 Å². The van der Waals surface area contributed by atoms with Crippen LogP contribution in [0.15, 0.2) is 12.3 Å². The predicted molar refractivity (Wildman–Crippen MR) is 72.1 cm³/mol. The molecule has 0 aromatic carbocycles. The molecule has 19 heavy (non-hydrogen) atoms. The molecule has 0 amide bonds. The quantitative estimate of drug-likeness (QED) is 0.862. The van der Waals surface area contributed by atoms with Crippen LogP contribution in [0.3, 0.4) is 0 Å². The summed E-state index contributed by atoms with van der Waals surface area (Å²) in [5.41, 5.74) is 0. The molecule has 0 radical (unpaired) electrons. The first-order chi connectivity index (χ1) is 8.83. The van der Waals surface area contributed by atoms with E-state index >= 15 is 0 Å². The molecule has 7 heteroatoms. The van der Waals surface area contributed by atoms with E-state index in [4.69, 9.17) is 9.47 Å². The van der Waals surface area contributed by atoms with Gasteiger partial charge < -0.3 is 9.47 Å². The molecule has 1 aromatic heterocycles. The molecule has 1 aromatic rings. The van der Waals surface area contributed by atoms with Crippen LogP contribution in [0.1, 0.15) is 26.7 Å². The van der Waals surface area contributed by atoms with E-state index in [0.717, 1.165) is 19.1 Å². The zero-order valence-electron chi connectivity index (χ0n) is 11.2. The number of nitrogens with zero attached hydrogens (tertiary/aromatic N) is 1. The van der Waals surface area contributed by atoms with Crippen molar-refractivity contribution in [2.75, 3.05) is 11.0 Å². The lowest BCUT2D eigenvalue weighted by atomic mass is 10.4. The summed E-state index contributed by atoms with van der Waals surface area (Å²) in [6.07, 6.45) is 4.77. The van der Waals surface area contributed by atoms with Crippen molar-refractivity contribution >= 4 is 15.8 Å². The second-order valence-electron chi connectivity index (χ2n) is 4.87. The first kappa shape index (κ1) is 13.9. The van der Waals surface area contributed by atoms with Gasteiger partial charge >= 0.3 is 0 Å². The first-order valence-corrected chi connectivity index (χ1v) is 8.04. The molecule has 1 N–H and O–H groups in total. The summed E-state index contributed by atoms with van der Waals surface area (Å²) in [5.74, 6) is 1.28. The van der Waals surface area contributed by atoms with Crippen LogP contribution in [-0.4, -0.2) is 31.9 Å². The summed E-state index contributed by atoms with van der Waals surface area (Å²) < 4.78 is 36.0. The normalized spacial score (nSPS) is 15.4. The van der Waals surface area contributed by atoms with Crippen LogP contribution < -0.4 is 14.2 Å². The lowest BCUT2D eigenvalue weighted by molar-refractivity contribution is 0.217. The van der Waals surface area contributed by atoms with Crippen molar-refractivity contribution in [1.82, 2.24) is 4.98 Å². The van der Waals surface area contributed by atoms with Gasteiger partial charge in [-0.1, -0.05) is 0 Å². The lowest BCUT2D eigenvalue weighted by Gasteiger charge is -2.15. The fourth-order valence-corrected chi connectivity index (χ4v) is 1.96. The highest BCUT2D eigenvalue weighted by atomic mass is 32.2. The van der Waals surface area contributed by atoms with E-state index in [1.165, 1.54) is 6.20 Å². The number of aromatic nitrogens is 1. The van der Waals surface area contributed by atoms with Crippen molar-refractivity contribution in [1.29, 1.82) is 0 Å². The van der Waals surface area contributed by atoms with E-state index in [-0.39, 0.29) is 18.0 Å². The van der Waals surface area contributed by atoms with Crippen molar-refractivity contribution in [2.24, 2.45) is 0 Å². The van der Waals surface area contributed by atoms with Crippen molar-refractivity contribution in [2.45, 2.75) is 38.9 Å². The second-order valence-corrected chi connectivity index (χ2v) is 6.62. The summed E-state index contributed by atoms with van der Waals surface area (Å²) in [6, 6.07) is 1.55. The van der Waals surface area contributed by atoms with Gasteiger partial charge in [0.15, 0.2) is 11.5 Å². The van der Waals surface area contributed by atoms with E-state index in [1.807, 2.05) is 13.8 Å². The Morgan fingerprint density at radius 3 is 2.58 bits per heavy atom. The largest absolute Gasteiger partial charge is 0.486 e. The van der Waals surface area contributed by atoms with Gasteiger partial charge in [-0.3, -0.25) is 4.72 Å². The third-order valence-corrected chi connectivity index (χ3v) is 2.88. The van der Waals surface area contributed by atoms with Crippen LogP contribution in [0, 0.1) is 0 Å². The zero-order chi connectivity index (χ0) is 14.0. The first-order valence-electron chi connectivity index (χ1n) is 6.14. The van der Waals surface area contributed by atoms with E-state index < -0.39 is 10.0 Å². The molecule has 1 aliphatic rings. The van der Waals surface area contributed by atoms with Crippen molar-refractivity contribution in [3.8, 4) is 11.5 Å². The average Bonchev–Trinajstić information content (AvgIpc) is 3.03. The molecule has 1 aliphatic carbocycles. The van der Waals surface area contributed by atoms with Gasteiger partial charge in [-0.15, -0.1) is 0 Å². The maximum atomic E-state index is 11.2. The second kappa shape index (κ2) is 5.24. The summed E-state index contributed by atoms with van der Waals surface area (Å²) in [5, 5.41) is 0. The number of rotatable bonds is 6. The number of nitrogens with one attached hydrogen (secondary N) is 1. The molecule has 6 nitrogen and oxygen atoms in total. The minimum Gasteiger partial charge on any atom is -0.486 e. The standard InChI is InChI=1S/C12H18N2O4S/c1-8(2)17-11-7-13-12(14-19(3,15)16)6-10(11)18-9-4-5-9/h6-9H,4-5H2,1-3H3,(H,13,14). The molecule has 1 fully saturated rings. The Bertz CT molecular complexity index is 553. The average molecular weight is 286 g/mol. The Morgan fingerprint density at radius 1 is 1.37 bits per heavy atom. The zero-order valence-corrected chi connectivity index (χ0v) is 12.0. The molecular formula is C12H18N2O4S. The highest BCUT2D eigenvalue weighted by Crippen LogP contribution is 2.35. The molecule has 0 saturated heterocycles. The Balaban J connectivity index is 2.23. The maximum Gasteiger partial charge on any atom is 0.230 e. The Labute approximate surface area is 113 Å². The number of anilines is 1. The molecule has 0 atom stereocenters. The van der Waals surface area contributed by atoms with E-state index in [0.29, 0.717) is 11.5 Å². The van der Waals surface area contributed by atoms with Gasteiger partial charge in [-0.2, -0.15) is 0 Å². The Morgan fingerprint density at radius 2 is 2.05 bits per heavy atom. The summed E-state index contributed by atoms with van der Waals surface area (Å²) in [6.45, 7) is 3.81. The van der Waals surface area contributed by atoms with Gasteiger partial charge in [0.1, 0.15) is 5.82 Å². The van der Waals surface area contributed by atoms with Crippen molar-refractivity contribution in [3.05, 3.63) is 12.3 Å². The molecule has 0 bridgehead atoms.